The summed E-state index contributed by atoms with van der Waals surface area (Å²) in [6.07, 6.45) is 5.32. The number of ether oxygens (including phenoxy) is 1. The molecule has 4 rings (SSSR count). The summed E-state index contributed by atoms with van der Waals surface area (Å²) < 4.78 is 11.4. The molecule has 3 aromatic carbocycles. The highest BCUT2D eigenvalue weighted by molar-refractivity contribution is 7.98. The molecule has 162 valence electrons. The molecule has 0 atom stereocenters. The standard InChI is InChI=1S/C26H22ClNO3S/c1-16(12-26(29)28-19-8-10-20(32-3)11-9-19)21-13-22-23(17-4-6-18(27)7-5-17)15-31-25(22)14-24(21)30-2/h4-15H,1-3H3,(H,28,29)/b16-12+. The van der Waals surface area contributed by atoms with E-state index in [1.165, 1.54) is 0 Å². The average Bonchev–Trinajstić information content (AvgIpc) is 3.22. The number of fused-ring (bicyclic) bond motifs is 1. The lowest BCUT2D eigenvalue weighted by Crippen LogP contribution is -2.08. The molecule has 0 spiro atoms. The Morgan fingerprint density at radius 1 is 1.09 bits per heavy atom. The molecule has 32 heavy (non-hydrogen) atoms. The molecule has 0 aliphatic rings. The molecule has 1 heterocycles. The Balaban J connectivity index is 1.67. The van der Waals surface area contributed by atoms with Crippen LogP contribution < -0.4 is 10.1 Å². The number of hydrogen-bond acceptors (Lipinski definition) is 4. The first kappa shape index (κ1) is 22.1. The van der Waals surface area contributed by atoms with Crippen molar-refractivity contribution in [2.45, 2.75) is 11.8 Å². The number of rotatable bonds is 6. The summed E-state index contributed by atoms with van der Waals surface area (Å²) >= 11 is 7.69. The van der Waals surface area contributed by atoms with Gasteiger partial charge in [-0.15, -0.1) is 11.8 Å². The van der Waals surface area contributed by atoms with Crippen molar-refractivity contribution in [2.75, 3.05) is 18.7 Å². The highest BCUT2D eigenvalue weighted by Crippen LogP contribution is 2.37. The average molecular weight is 464 g/mol. The Morgan fingerprint density at radius 3 is 2.47 bits per heavy atom. The SMILES string of the molecule is COc1cc2occ(-c3ccc(Cl)cc3)c2cc1/C(C)=C/C(=O)Nc1ccc(SC)cc1. The largest absolute Gasteiger partial charge is 0.496 e. The number of carbonyl (C=O) groups is 1. The summed E-state index contributed by atoms with van der Waals surface area (Å²) in [6, 6.07) is 19.2. The summed E-state index contributed by atoms with van der Waals surface area (Å²) in [5.41, 5.74) is 5.01. The maximum atomic E-state index is 12.6. The summed E-state index contributed by atoms with van der Waals surface area (Å²) in [7, 11) is 1.61. The molecule has 4 nitrogen and oxygen atoms in total. The smallest absolute Gasteiger partial charge is 0.248 e. The van der Waals surface area contributed by atoms with E-state index in [2.05, 4.69) is 5.32 Å². The summed E-state index contributed by atoms with van der Waals surface area (Å²) in [6.45, 7) is 1.89. The van der Waals surface area contributed by atoms with Crippen molar-refractivity contribution in [1.82, 2.24) is 0 Å². The van der Waals surface area contributed by atoms with Gasteiger partial charge in [-0.25, -0.2) is 0 Å². The van der Waals surface area contributed by atoms with E-state index in [-0.39, 0.29) is 5.91 Å². The number of nitrogens with one attached hydrogen (secondary N) is 1. The van der Waals surface area contributed by atoms with Gasteiger partial charge in [0.15, 0.2) is 0 Å². The van der Waals surface area contributed by atoms with Crippen LogP contribution in [0.1, 0.15) is 12.5 Å². The maximum Gasteiger partial charge on any atom is 0.248 e. The molecule has 1 aromatic heterocycles. The van der Waals surface area contributed by atoms with E-state index in [1.807, 2.05) is 73.8 Å². The molecule has 0 radical (unpaired) electrons. The van der Waals surface area contributed by atoms with Gasteiger partial charge in [-0.2, -0.15) is 0 Å². The second-order valence-electron chi connectivity index (χ2n) is 7.25. The van der Waals surface area contributed by atoms with Crippen molar-refractivity contribution in [3.05, 3.63) is 83.6 Å². The molecule has 0 aliphatic carbocycles. The molecule has 1 N–H and O–H groups in total. The van der Waals surface area contributed by atoms with Gasteiger partial charge in [0.05, 0.1) is 13.4 Å². The van der Waals surface area contributed by atoms with Crippen LogP contribution in [0.25, 0.3) is 27.7 Å². The third-order valence-corrected chi connectivity index (χ3v) is 6.18. The van der Waals surface area contributed by atoms with Crippen LogP contribution in [0.5, 0.6) is 5.75 Å². The minimum absolute atomic E-state index is 0.202. The van der Waals surface area contributed by atoms with E-state index < -0.39 is 0 Å². The Labute approximate surface area is 196 Å². The predicted octanol–water partition coefficient (Wildman–Crippen LogP) is 7.53. The fourth-order valence-corrected chi connectivity index (χ4v) is 4.05. The van der Waals surface area contributed by atoms with Crippen LogP contribution in [0.3, 0.4) is 0 Å². The van der Waals surface area contributed by atoms with Gasteiger partial charge in [0, 0.05) is 44.3 Å². The first-order chi connectivity index (χ1) is 15.5. The molecule has 0 bridgehead atoms. The zero-order valence-electron chi connectivity index (χ0n) is 17.9. The second-order valence-corrected chi connectivity index (χ2v) is 8.57. The summed E-state index contributed by atoms with van der Waals surface area (Å²) in [5.74, 6) is 0.437. The molecule has 0 saturated carbocycles. The highest BCUT2D eigenvalue weighted by atomic mass is 35.5. The van der Waals surface area contributed by atoms with Crippen LogP contribution >= 0.6 is 23.4 Å². The number of allylic oxidation sites excluding steroid dienone is 1. The molecule has 0 unspecified atom stereocenters. The maximum absolute atomic E-state index is 12.6. The number of anilines is 1. The number of amides is 1. The zero-order chi connectivity index (χ0) is 22.7. The molecule has 0 fully saturated rings. The number of furan rings is 1. The minimum Gasteiger partial charge on any atom is -0.496 e. The van der Waals surface area contributed by atoms with Crippen LogP contribution in [-0.2, 0) is 4.79 Å². The first-order valence-electron chi connectivity index (χ1n) is 9.97. The Kier molecular flexibility index (Phi) is 6.58. The predicted molar refractivity (Wildman–Crippen MR) is 134 cm³/mol. The normalized spacial score (nSPS) is 11.6. The number of benzene rings is 3. The van der Waals surface area contributed by atoms with Crippen molar-refractivity contribution >= 4 is 51.5 Å². The molecule has 6 heteroatoms. The summed E-state index contributed by atoms with van der Waals surface area (Å²) in [4.78, 5) is 13.8. The van der Waals surface area contributed by atoms with Crippen LogP contribution in [0.4, 0.5) is 5.69 Å². The van der Waals surface area contributed by atoms with Crippen molar-refractivity contribution in [2.24, 2.45) is 0 Å². The molecule has 1 amide bonds. The van der Waals surface area contributed by atoms with Crippen molar-refractivity contribution in [1.29, 1.82) is 0 Å². The number of methoxy groups -OCH3 is 1. The number of thioether (sulfide) groups is 1. The topological polar surface area (TPSA) is 51.5 Å². The number of halogens is 1. The second kappa shape index (κ2) is 9.55. The van der Waals surface area contributed by atoms with Crippen molar-refractivity contribution in [3.63, 3.8) is 0 Å². The fourth-order valence-electron chi connectivity index (χ4n) is 3.51. The molecular formula is C26H22ClNO3S. The molecule has 0 saturated heterocycles. The van der Waals surface area contributed by atoms with E-state index >= 15 is 0 Å². The van der Waals surface area contributed by atoms with Gasteiger partial charge in [-0.05, 0) is 66.8 Å². The number of carbonyl (C=O) groups excluding carboxylic acids is 1. The quantitative estimate of drug-likeness (QED) is 0.237. The van der Waals surface area contributed by atoms with E-state index in [4.69, 9.17) is 20.8 Å². The zero-order valence-corrected chi connectivity index (χ0v) is 19.5. The Morgan fingerprint density at radius 2 is 1.81 bits per heavy atom. The van der Waals surface area contributed by atoms with E-state index in [9.17, 15) is 4.79 Å². The van der Waals surface area contributed by atoms with Crippen LogP contribution in [0.15, 0.2) is 82.3 Å². The van der Waals surface area contributed by atoms with Gasteiger partial charge < -0.3 is 14.5 Å². The van der Waals surface area contributed by atoms with Gasteiger partial charge >= 0.3 is 0 Å². The molecular weight excluding hydrogens is 442 g/mol. The van der Waals surface area contributed by atoms with Gasteiger partial charge in [-0.1, -0.05) is 23.7 Å². The summed E-state index contributed by atoms with van der Waals surface area (Å²) in [5, 5.41) is 4.52. The third kappa shape index (κ3) is 4.69. The highest BCUT2D eigenvalue weighted by Gasteiger charge is 2.15. The van der Waals surface area contributed by atoms with E-state index in [0.717, 1.165) is 38.2 Å². The van der Waals surface area contributed by atoms with Gasteiger partial charge in [0.1, 0.15) is 11.3 Å². The Hall–Kier alpha value is -3.15. The van der Waals surface area contributed by atoms with E-state index in [1.54, 1.807) is 31.2 Å². The lowest BCUT2D eigenvalue weighted by molar-refractivity contribution is -0.111. The Bertz CT molecular complexity index is 1290. The molecule has 0 aliphatic heterocycles. The minimum atomic E-state index is -0.202. The van der Waals surface area contributed by atoms with Crippen LogP contribution in [0.2, 0.25) is 5.02 Å². The molecule has 4 aromatic rings. The van der Waals surface area contributed by atoms with E-state index in [0.29, 0.717) is 16.4 Å². The third-order valence-electron chi connectivity index (χ3n) is 5.18. The monoisotopic (exact) mass is 463 g/mol. The lowest BCUT2D eigenvalue weighted by atomic mass is 9.99. The van der Waals surface area contributed by atoms with Gasteiger partial charge in [0.2, 0.25) is 5.91 Å². The van der Waals surface area contributed by atoms with Gasteiger partial charge in [0.25, 0.3) is 0 Å². The lowest BCUT2D eigenvalue weighted by Gasteiger charge is -2.10. The number of hydrogen-bond donors (Lipinski definition) is 1. The van der Waals surface area contributed by atoms with Crippen molar-refractivity contribution in [3.8, 4) is 16.9 Å². The van der Waals surface area contributed by atoms with Crippen LogP contribution in [0, 0.1) is 0 Å². The fraction of sp³-hybridized carbons (Fsp3) is 0.115. The van der Waals surface area contributed by atoms with Crippen molar-refractivity contribution < 1.29 is 13.9 Å². The first-order valence-corrected chi connectivity index (χ1v) is 11.6. The van der Waals surface area contributed by atoms with Gasteiger partial charge in [-0.3, -0.25) is 4.79 Å². The van der Waals surface area contributed by atoms with Crippen LogP contribution in [-0.4, -0.2) is 19.3 Å².